The van der Waals surface area contributed by atoms with Crippen LogP contribution in [0.4, 0.5) is 0 Å². The third-order valence-corrected chi connectivity index (χ3v) is 3.77. The Kier molecular flexibility index (Phi) is 3.61. The first-order valence-electron chi connectivity index (χ1n) is 5.15. The number of amides is 1. The van der Waals surface area contributed by atoms with Gasteiger partial charge in [0, 0.05) is 6.20 Å². The number of carbonyl (C=O) groups is 1. The molecule has 0 aliphatic carbocycles. The van der Waals surface area contributed by atoms with Crippen LogP contribution in [-0.4, -0.2) is 21.9 Å². The van der Waals surface area contributed by atoms with Crippen LogP contribution in [0.2, 0.25) is 0 Å². The molecule has 1 aliphatic heterocycles. The number of hydrogen-bond donors (Lipinski definition) is 1. The number of nitrogens with one attached hydrogen (secondary N) is 1. The predicted octanol–water partition coefficient (Wildman–Crippen LogP) is 1.59. The van der Waals surface area contributed by atoms with E-state index in [0.717, 1.165) is 24.3 Å². The second-order valence-electron chi connectivity index (χ2n) is 3.54. The minimum atomic E-state index is 0.156. The van der Waals surface area contributed by atoms with Gasteiger partial charge >= 0.3 is 0 Å². The van der Waals surface area contributed by atoms with E-state index in [1.807, 2.05) is 18.2 Å². The van der Waals surface area contributed by atoms with Gasteiger partial charge in [-0.15, -0.1) is 11.8 Å². The average molecular weight is 222 g/mol. The van der Waals surface area contributed by atoms with E-state index in [-0.39, 0.29) is 11.2 Å². The molecule has 1 atom stereocenters. The molecule has 0 spiro atoms. The SMILES string of the molecule is O=C(NCc1ccccn1)C1CCCS1. The molecule has 15 heavy (non-hydrogen) atoms. The molecule has 2 heterocycles. The number of carbonyl (C=O) groups excluding carboxylic acids is 1. The lowest BCUT2D eigenvalue weighted by Gasteiger charge is -2.09. The minimum absolute atomic E-state index is 0.156. The van der Waals surface area contributed by atoms with Crippen LogP contribution in [0.15, 0.2) is 24.4 Å². The first-order valence-corrected chi connectivity index (χ1v) is 6.20. The Morgan fingerprint density at radius 2 is 2.53 bits per heavy atom. The maximum Gasteiger partial charge on any atom is 0.233 e. The van der Waals surface area contributed by atoms with Crippen molar-refractivity contribution in [2.24, 2.45) is 0 Å². The summed E-state index contributed by atoms with van der Waals surface area (Å²) in [7, 11) is 0. The number of aromatic nitrogens is 1. The van der Waals surface area contributed by atoms with Crippen LogP contribution in [0.3, 0.4) is 0 Å². The van der Waals surface area contributed by atoms with Crippen LogP contribution in [0.1, 0.15) is 18.5 Å². The number of hydrogen-bond acceptors (Lipinski definition) is 3. The van der Waals surface area contributed by atoms with E-state index in [4.69, 9.17) is 0 Å². The van der Waals surface area contributed by atoms with Crippen LogP contribution in [-0.2, 0) is 11.3 Å². The Balaban J connectivity index is 1.80. The second kappa shape index (κ2) is 5.16. The summed E-state index contributed by atoms with van der Waals surface area (Å²) in [6.45, 7) is 0.538. The molecule has 1 aliphatic rings. The molecule has 1 saturated heterocycles. The van der Waals surface area contributed by atoms with Gasteiger partial charge in [-0.1, -0.05) is 6.07 Å². The van der Waals surface area contributed by atoms with Gasteiger partial charge in [-0.3, -0.25) is 9.78 Å². The summed E-state index contributed by atoms with van der Waals surface area (Å²) in [5, 5.41) is 3.08. The van der Waals surface area contributed by atoms with E-state index in [9.17, 15) is 4.79 Å². The highest BCUT2D eigenvalue weighted by Gasteiger charge is 2.22. The van der Waals surface area contributed by atoms with Crippen molar-refractivity contribution in [3.05, 3.63) is 30.1 Å². The summed E-state index contributed by atoms with van der Waals surface area (Å²) in [6, 6.07) is 5.72. The van der Waals surface area contributed by atoms with Crippen molar-refractivity contribution in [1.29, 1.82) is 0 Å². The normalized spacial score (nSPS) is 20.1. The van der Waals surface area contributed by atoms with Crippen LogP contribution in [0, 0.1) is 0 Å². The van der Waals surface area contributed by atoms with E-state index < -0.39 is 0 Å². The molecular weight excluding hydrogens is 208 g/mol. The van der Waals surface area contributed by atoms with Gasteiger partial charge in [0.15, 0.2) is 0 Å². The first kappa shape index (κ1) is 10.5. The van der Waals surface area contributed by atoms with E-state index in [0.29, 0.717) is 6.54 Å². The Morgan fingerprint density at radius 3 is 3.20 bits per heavy atom. The fraction of sp³-hybridized carbons (Fsp3) is 0.455. The molecule has 3 nitrogen and oxygen atoms in total. The fourth-order valence-electron chi connectivity index (χ4n) is 1.58. The van der Waals surface area contributed by atoms with E-state index >= 15 is 0 Å². The summed E-state index contributed by atoms with van der Waals surface area (Å²) in [5.41, 5.74) is 0.911. The van der Waals surface area contributed by atoms with Crippen molar-refractivity contribution in [3.8, 4) is 0 Å². The summed E-state index contributed by atoms with van der Waals surface area (Å²) in [4.78, 5) is 15.8. The molecule has 1 N–H and O–H groups in total. The summed E-state index contributed by atoms with van der Waals surface area (Å²) in [5.74, 6) is 1.27. The Bertz CT molecular complexity index is 323. The maximum atomic E-state index is 11.7. The molecule has 1 fully saturated rings. The zero-order valence-electron chi connectivity index (χ0n) is 8.48. The van der Waals surface area contributed by atoms with Crippen LogP contribution in [0.5, 0.6) is 0 Å². The molecular formula is C11H14N2OS. The maximum absolute atomic E-state index is 11.7. The van der Waals surface area contributed by atoms with Crippen molar-refractivity contribution in [1.82, 2.24) is 10.3 Å². The topological polar surface area (TPSA) is 42.0 Å². The molecule has 80 valence electrons. The molecule has 4 heteroatoms. The van der Waals surface area contributed by atoms with Gasteiger partial charge in [-0.2, -0.15) is 0 Å². The number of rotatable bonds is 3. The van der Waals surface area contributed by atoms with Crippen molar-refractivity contribution in [2.45, 2.75) is 24.6 Å². The van der Waals surface area contributed by atoms with Crippen LogP contribution < -0.4 is 5.32 Å². The molecule has 0 bridgehead atoms. The van der Waals surface area contributed by atoms with Crippen LogP contribution >= 0.6 is 11.8 Å². The predicted molar refractivity (Wildman–Crippen MR) is 61.6 cm³/mol. The lowest BCUT2D eigenvalue weighted by atomic mass is 10.2. The molecule has 2 rings (SSSR count). The molecule has 1 aromatic heterocycles. The second-order valence-corrected chi connectivity index (χ2v) is 4.85. The Hall–Kier alpha value is -1.03. The number of nitrogens with zero attached hydrogens (tertiary/aromatic N) is 1. The van der Waals surface area contributed by atoms with E-state index in [2.05, 4.69) is 10.3 Å². The molecule has 0 aromatic carbocycles. The molecule has 1 unspecified atom stereocenters. The fourth-order valence-corrected chi connectivity index (χ4v) is 2.76. The molecule has 1 aromatic rings. The monoisotopic (exact) mass is 222 g/mol. The summed E-state index contributed by atoms with van der Waals surface area (Å²) < 4.78 is 0. The Morgan fingerprint density at radius 1 is 1.60 bits per heavy atom. The molecule has 0 radical (unpaired) electrons. The van der Waals surface area contributed by atoms with Crippen molar-refractivity contribution < 1.29 is 4.79 Å². The van der Waals surface area contributed by atoms with Gasteiger partial charge in [0.2, 0.25) is 5.91 Å². The lowest BCUT2D eigenvalue weighted by molar-refractivity contribution is -0.120. The Labute approximate surface area is 93.7 Å². The lowest BCUT2D eigenvalue weighted by Crippen LogP contribution is -2.31. The van der Waals surface area contributed by atoms with Gasteiger partial charge in [0.1, 0.15) is 0 Å². The summed E-state index contributed by atoms with van der Waals surface area (Å²) >= 11 is 1.75. The largest absolute Gasteiger partial charge is 0.349 e. The van der Waals surface area contributed by atoms with Gasteiger partial charge in [-0.05, 0) is 30.7 Å². The zero-order valence-corrected chi connectivity index (χ0v) is 9.30. The smallest absolute Gasteiger partial charge is 0.233 e. The van der Waals surface area contributed by atoms with Gasteiger partial charge in [0.05, 0.1) is 17.5 Å². The number of thioether (sulfide) groups is 1. The van der Waals surface area contributed by atoms with E-state index in [1.165, 1.54) is 0 Å². The molecule has 1 amide bonds. The summed E-state index contributed by atoms with van der Waals surface area (Å²) in [6.07, 6.45) is 3.91. The van der Waals surface area contributed by atoms with Gasteiger partial charge in [0.25, 0.3) is 0 Å². The third-order valence-electron chi connectivity index (χ3n) is 2.39. The van der Waals surface area contributed by atoms with E-state index in [1.54, 1.807) is 18.0 Å². The highest BCUT2D eigenvalue weighted by atomic mass is 32.2. The quantitative estimate of drug-likeness (QED) is 0.844. The van der Waals surface area contributed by atoms with Gasteiger partial charge < -0.3 is 5.32 Å². The first-order chi connectivity index (χ1) is 7.36. The van der Waals surface area contributed by atoms with Gasteiger partial charge in [-0.25, -0.2) is 0 Å². The standard InChI is InChI=1S/C11H14N2OS/c14-11(10-5-3-7-15-10)13-8-9-4-1-2-6-12-9/h1-2,4,6,10H,3,5,7-8H2,(H,13,14). The van der Waals surface area contributed by atoms with Crippen molar-refractivity contribution in [3.63, 3.8) is 0 Å². The highest BCUT2D eigenvalue weighted by Crippen LogP contribution is 2.25. The minimum Gasteiger partial charge on any atom is -0.349 e. The number of pyridine rings is 1. The zero-order chi connectivity index (χ0) is 10.5. The van der Waals surface area contributed by atoms with Crippen molar-refractivity contribution in [2.75, 3.05) is 5.75 Å². The molecule has 0 saturated carbocycles. The average Bonchev–Trinajstić information content (AvgIpc) is 2.81. The highest BCUT2D eigenvalue weighted by molar-refractivity contribution is 8.00. The third kappa shape index (κ3) is 2.96. The van der Waals surface area contributed by atoms with Crippen molar-refractivity contribution >= 4 is 17.7 Å². The van der Waals surface area contributed by atoms with Crippen LogP contribution in [0.25, 0.3) is 0 Å².